The van der Waals surface area contributed by atoms with Crippen LogP contribution in [0.15, 0.2) is 0 Å². The Morgan fingerprint density at radius 1 is 1.35 bits per heavy atom. The van der Waals surface area contributed by atoms with E-state index in [0.717, 1.165) is 19.5 Å². The van der Waals surface area contributed by atoms with E-state index in [1.165, 1.54) is 0 Å². The largest absolute Gasteiger partial charge is 0.396 e. The molecular formula is C12H23N3O2. The van der Waals surface area contributed by atoms with E-state index in [0.29, 0.717) is 25.9 Å². The van der Waals surface area contributed by atoms with Crippen LogP contribution in [0, 0.1) is 11.3 Å². The van der Waals surface area contributed by atoms with Crippen LogP contribution >= 0.6 is 0 Å². The molecule has 0 aromatic heterocycles. The van der Waals surface area contributed by atoms with E-state index >= 15 is 0 Å². The number of hydrogen-bond acceptors (Lipinski definition) is 4. The van der Waals surface area contributed by atoms with E-state index in [4.69, 9.17) is 10.4 Å². The first-order valence-corrected chi connectivity index (χ1v) is 6.09. The van der Waals surface area contributed by atoms with Crippen molar-refractivity contribution in [1.82, 2.24) is 9.80 Å². The Balaban J connectivity index is 3.83. The van der Waals surface area contributed by atoms with E-state index in [2.05, 4.69) is 4.90 Å². The molecular weight excluding hydrogens is 218 g/mol. The lowest BCUT2D eigenvalue weighted by atomic mass is 10.3. The van der Waals surface area contributed by atoms with Crippen molar-refractivity contribution >= 4 is 5.91 Å². The van der Waals surface area contributed by atoms with Crippen molar-refractivity contribution in [2.75, 3.05) is 39.8 Å². The fourth-order valence-electron chi connectivity index (χ4n) is 1.51. The van der Waals surface area contributed by atoms with Crippen LogP contribution in [0.5, 0.6) is 0 Å². The third kappa shape index (κ3) is 7.72. The minimum atomic E-state index is 0.0719. The number of carbonyl (C=O) groups is 1. The lowest BCUT2D eigenvalue weighted by molar-refractivity contribution is -0.130. The van der Waals surface area contributed by atoms with Crippen molar-refractivity contribution in [3.8, 4) is 6.07 Å². The molecule has 0 saturated heterocycles. The zero-order chi connectivity index (χ0) is 13.1. The average Bonchev–Trinajstić information content (AvgIpc) is 2.35. The molecule has 98 valence electrons. The van der Waals surface area contributed by atoms with Crippen LogP contribution in [0.25, 0.3) is 0 Å². The second kappa shape index (κ2) is 10.1. The van der Waals surface area contributed by atoms with Gasteiger partial charge in [-0.25, -0.2) is 0 Å². The van der Waals surface area contributed by atoms with Gasteiger partial charge in [0.15, 0.2) is 0 Å². The molecule has 0 atom stereocenters. The van der Waals surface area contributed by atoms with E-state index in [9.17, 15) is 4.79 Å². The summed E-state index contributed by atoms with van der Waals surface area (Å²) in [6, 6.07) is 2.03. The van der Waals surface area contributed by atoms with Gasteiger partial charge in [-0.1, -0.05) is 6.92 Å². The topological polar surface area (TPSA) is 67.6 Å². The summed E-state index contributed by atoms with van der Waals surface area (Å²) >= 11 is 0. The Labute approximate surface area is 104 Å². The van der Waals surface area contributed by atoms with Gasteiger partial charge in [0.05, 0.1) is 12.5 Å². The molecule has 0 radical (unpaired) electrons. The highest BCUT2D eigenvalue weighted by Gasteiger charge is 2.10. The van der Waals surface area contributed by atoms with Crippen LogP contribution in [-0.2, 0) is 4.79 Å². The number of carbonyl (C=O) groups excluding carboxylic acids is 1. The third-order valence-corrected chi connectivity index (χ3v) is 2.71. The summed E-state index contributed by atoms with van der Waals surface area (Å²) in [5.41, 5.74) is 0. The van der Waals surface area contributed by atoms with Gasteiger partial charge in [-0.2, -0.15) is 5.26 Å². The average molecular weight is 241 g/mol. The molecule has 1 amide bonds. The Kier molecular flexibility index (Phi) is 9.40. The highest BCUT2D eigenvalue weighted by Crippen LogP contribution is 1.98. The normalized spacial score (nSPS) is 10.3. The summed E-state index contributed by atoms with van der Waals surface area (Å²) in [6.45, 7) is 5.15. The summed E-state index contributed by atoms with van der Waals surface area (Å²) in [6.07, 6.45) is 1.59. The van der Waals surface area contributed by atoms with E-state index in [-0.39, 0.29) is 12.5 Å². The number of hydrogen-bond donors (Lipinski definition) is 1. The molecule has 0 spiro atoms. The highest BCUT2D eigenvalue weighted by molar-refractivity contribution is 5.76. The predicted molar refractivity (Wildman–Crippen MR) is 66.3 cm³/mol. The summed E-state index contributed by atoms with van der Waals surface area (Å²) < 4.78 is 0. The van der Waals surface area contributed by atoms with Gasteiger partial charge in [-0.3, -0.25) is 4.79 Å². The summed E-state index contributed by atoms with van der Waals surface area (Å²) in [5, 5.41) is 17.2. The Morgan fingerprint density at radius 3 is 2.59 bits per heavy atom. The third-order valence-electron chi connectivity index (χ3n) is 2.71. The fourth-order valence-corrected chi connectivity index (χ4v) is 1.51. The molecule has 5 heteroatoms. The van der Waals surface area contributed by atoms with E-state index in [1.807, 2.05) is 13.0 Å². The minimum absolute atomic E-state index is 0.0719. The van der Waals surface area contributed by atoms with Gasteiger partial charge < -0.3 is 14.9 Å². The smallest absolute Gasteiger partial charge is 0.223 e. The lowest BCUT2D eigenvalue weighted by Gasteiger charge is -2.21. The van der Waals surface area contributed by atoms with Crippen LogP contribution in [0.4, 0.5) is 0 Å². The van der Waals surface area contributed by atoms with Crippen LogP contribution in [0.3, 0.4) is 0 Å². The fraction of sp³-hybridized carbons (Fsp3) is 0.833. The second-order valence-electron chi connectivity index (χ2n) is 3.98. The van der Waals surface area contributed by atoms with Crippen LogP contribution in [0.2, 0.25) is 0 Å². The number of aliphatic hydroxyl groups is 1. The summed E-state index contributed by atoms with van der Waals surface area (Å²) in [7, 11) is 1.73. The molecule has 5 nitrogen and oxygen atoms in total. The van der Waals surface area contributed by atoms with Crippen molar-refractivity contribution in [3.63, 3.8) is 0 Å². The van der Waals surface area contributed by atoms with E-state index < -0.39 is 0 Å². The monoisotopic (exact) mass is 241 g/mol. The molecule has 0 fully saturated rings. The predicted octanol–water partition coefficient (Wildman–Crippen LogP) is 0.453. The van der Waals surface area contributed by atoms with Crippen molar-refractivity contribution < 1.29 is 9.90 Å². The highest BCUT2D eigenvalue weighted by atomic mass is 16.3. The van der Waals surface area contributed by atoms with Gasteiger partial charge in [0.2, 0.25) is 5.91 Å². The Morgan fingerprint density at radius 2 is 2.06 bits per heavy atom. The minimum Gasteiger partial charge on any atom is -0.396 e. The molecule has 0 aliphatic rings. The van der Waals surface area contributed by atoms with Crippen LogP contribution in [-0.4, -0.2) is 60.6 Å². The molecule has 0 saturated carbocycles. The van der Waals surface area contributed by atoms with Gasteiger partial charge in [0.1, 0.15) is 0 Å². The summed E-state index contributed by atoms with van der Waals surface area (Å²) in [5.74, 6) is 0.0719. The van der Waals surface area contributed by atoms with Crippen molar-refractivity contribution in [3.05, 3.63) is 0 Å². The van der Waals surface area contributed by atoms with Crippen LogP contribution < -0.4 is 0 Å². The van der Waals surface area contributed by atoms with Crippen molar-refractivity contribution in [1.29, 1.82) is 5.26 Å². The quantitative estimate of drug-likeness (QED) is 0.636. The van der Waals surface area contributed by atoms with Crippen molar-refractivity contribution in [2.24, 2.45) is 0 Å². The van der Waals surface area contributed by atoms with Crippen LogP contribution in [0.1, 0.15) is 26.2 Å². The molecule has 0 aliphatic carbocycles. The first kappa shape index (κ1) is 15.9. The first-order chi connectivity index (χ1) is 8.15. The maximum absolute atomic E-state index is 11.7. The molecule has 17 heavy (non-hydrogen) atoms. The Hall–Kier alpha value is -1.12. The molecule has 0 aliphatic heterocycles. The SMILES string of the molecule is CCN(CCCO)CCC(=O)N(C)CCC#N. The number of nitrogens with zero attached hydrogens (tertiary/aromatic N) is 3. The Bertz CT molecular complexity index is 251. The van der Waals surface area contributed by atoms with Gasteiger partial charge in [0, 0.05) is 39.7 Å². The van der Waals surface area contributed by atoms with Gasteiger partial charge >= 0.3 is 0 Å². The second-order valence-corrected chi connectivity index (χ2v) is 3.98. The molecule has 0 bridgehead atoms. The first-order valence-electron chi connectivity index (χ1n) is 6.09. The maximum atomic E-state index is 11.7. The number of aliphatic hydroxyl groups excluding tert-OH is 1. The molecule has 1 N–H and O–H groups in total. The molecule has 0 heterocycles. The molecule has 0 aromatic rings. The van der Waals surface area contributed by atoms with E-state index in [1.54, 1.807) is 11.9 Å². The maximum Gasteiger partial charge on any atom is 0.223 e. The zero-order valence-electron chi connectivity index (χ0n) is 10.9. The molecule has 0 rings (SSSR count). The number of nitriles is 1. The standard InChI is InChI=1S/C12H23N3O2/c1-3-15(9-5-11-16)10-6-12(17)14(2)8-4-7-13/h16H,3-6,8-11H2,1-2H3. The van der Waals surface area contributed by atoms with Gasteiger partial charge in [-0.15, -0.1) is 0 Å². The summed E-state index contributed by atoms with van der Waals surface area (Å²) in [4.78, 5) is 15.4. The van der Waals surface area contributed by atoms with Gasteiger partial charge in [0.25, 0.3) is 0 Å². The molecule has 0 unspecified atom stereocenters. The number of rotatable bonds is 9. The van der Waals surface area contributed by atoms with Gasteiger partial charge in [-0.05, 0) is 13.0 Å². The van der Waals surface area contributed by atoms with Crippen molar-refractivity contribution in [2.45, 2.75) is 26.2 Å². The lowest BCUT2D eigenvalue weighted by Crippen LogP contribution is -2.33. The zero-order valence-corrected chi connectivity index (χ0v) is 10.9. The molecule has 0 aromatic carbocycles. The number of amides is 1.